The van der Waals surface area contributed by atoms with Crippen molar-refractivity contribution in [3.8, 4) is 5.75 Å². The van der Waals surface area contributed by atoms with Crippen LogP contribution >= 0.6 is 0 Å². The first-order valence-corrected chi connectivity index (χ1v) is 5.69. The maximum atomic E-state index is 10.8. The fourth-order valence-electron chi connectivity index (χ4n) is 1.79. The monoisotopic (exact) mass is 236 g/mol. The summed E-state index contributed by atoms with van der Waals surface area (Å²) in [4.78, 5) is 12.7. The van der Waals surface area contributed by atoms with Gasteiger partial charge in [0.25, 0.3) is 0 Å². The number of primary amides is 1. The van der Waals surface area contributed by atoms with E-state index in [1.165, 1.54) is 5.56 Å². The zero-order chi connectivity index (χ0) is 12.8. The second-order valence-corrected chi connectivity index (χ2v) is 4.14. The highest BCUT2D eigenvalue weighted by Gasteiger charge is 2.08. The highest BCUT2D eigenvalue weighted by molar-refractivity contribution is 5.75. The molecule has 0 saturated heterocycles. The number of methoxy groups -OCH3 is 1. The first kappa shape index (κ1) is 13.5. The number of aryl methyl sites for hydroxylation is 1. The van der Waals surface area contributed by atoms with E-state index in [4.69, 9.17) is 10.5 Å². The van der Waals surface area contributed by atoms with Crippen LogP contribution in [-0.4, -0.2) is 31.5 Å². The topological polar surface area (TPSA) is 55.6 Å². The number of ether oxygens (including phenoxy) is 1. The number of likely N-dealkylation sites (N-methyl/N-ethyl adjacent to an activating group) is 1. The minimum Gasteiger partial charge on any atom is -0.496 e. The number of nitrogens with zero attached hydrogens (tertiary/aromatic N) is 1. The Balaban J connectivity index is 2.83. The van der Waals surface area contributed by atoms with Gasteiger partial charge in [0.05, 0.1) is 13.7 Å². The molecule has 1 aromatic rings. The molecule has 0 aliphatic carbocycles. The number of amides is 1. The van der Waals surface area contributed by atoms with Crippen LogP contribution in [0.4, 0.5) is 0 Å². The van der Waals surface area contributed by atoms with E-state index in [0.717, 1.165) is 17.7 Å². The molecule has 94 valence electrons. The number of hydrogen-bond acceptors (Lipinski definition) is 3. The zero-order valence-corrected chi connectivity index (χ0v) is 10.7. The van der Waals surface area contributed by atoms with Gasteiger partial charge in [0.1, 0.15) is 5.75 Å². The lowest BCUT2D eigenvalue weighted by Crippen LogP contribution is -2.30. The van der Waals surface area contributed by atoms with Gasteiger partial charge in [-0.3, -0.25) is 9.69 Å². The summed E-state index contributed by atoms with van der Waals surface area (Å²) in [5, 5.41) is 0. The SMILES string of the molecule is CCc1ccc(OC)c(CN(C)CC(N)=O)c1. The molecule has 0 radical (unpaired) electrons. The van der Waals surface area contributed by atoms with Crippen LogP contribution in [0.5, 0.6) is 5.75 Å². The fraction of sp³-hybridized carbons (Fsp3) is 0.462. The molecular weight excluding hydrogens is 216 g/mol. The molecule has 0 aliphatic heterocycles. The largest absolute Gasteiger partial charge is 0.496 e. The molecule has 0 bridgehead atoms. The van der Waals surface area contributed by atoms with E-state index in [0.29, 0.717) is 6.54 Å². The van der Waals surface area contributed by atoms with Gasteiger partial charge < -0.3 is 10.5 Å². The molecule has 4 heteroatoms. The first-order valence-electron chi connectivity index (χ1n) is 5.69. The lowest BCUT2D eigenvalue weighted by atomic mass is 10.1. The van der Waals surface area contributed by atoms with Crippen LogP contribution in [0.15, 0.2) is 18.2 Å². The maximum Gasteiger partial charge on any atom is 0.231 e. The van der Waals surface area contributed by atoms with E-state index in [1.54, 1.807) is 7.11 Å². The van der Waals surface area contributed by atoms with Gasteiger partial charge in [0.15, 0.2) is 0 Å². The predicted molar refractivity (Wildman–Crippen MR) is 67.9 cm³/mol. The number of rotatable bonds is 6. The second kappa shape index (κ2) is 6.25. The molecule has 0 atom stereocenters. The van der Waals surface area contributed by atoms with Gasteiger partial charge in [0, 0.05) is 12.1 Å². The van der Waals surface area contributed by atoms with Gasteiger partial charge in [0.2, 0.25) is 5.91 Å². The minimum absolute atomic E-state index is 0.250. The van der Waals surface area contributed by atoms with Crippen molar-refractivity contribution in [2.24, 2.45) is 5.73 Å². The Morgan fingerprint density at radius 2 is 2.18 bits per heavy atom. The van der Waals surface area contributed by atoms with Gasteiger partial charge in [-0.1, -0.05) is 19.1 Å². The summed E-state index contributed by atoms with van der Waals surface area (Å²) in [6.45, 7) is 3.01. The van der Waals surface area contributed by atoms with E-state index in [9.17, 15) is 4.79 Å². The quantitative estimate of drug-likeness (QED) is 0.806. The van der Waals surface area contributed by atoms with Crippen LogP contribution in [0.25, 0.3) is 0 Å². The zero-order valence-electron chi connectivity index (χ0n) is 10.7. The Morgan fingerprint density at radius 1 is 1.47 bits per heavy atom. The summed E-state index contributed by atoms with van der Waals surface area (Å²) in [6.07, 6.45) is 0.983. The number of hydrogen-bond donors (Lipinski definition) is 1. The molecule has 0 heterocycles. The fourth-order valence-corrected chi connectivity index (χ4v) is 1.79. The van der Waals surface area contributed by atoms with Crippen molar-refractivity contribution in [3.63, 3.8) is 0 Å². The van der Waals surface area contributed by atoms with Gasteiger partial charge >= 0.3 is 0 Å². The van der Waals surface area contributed by atoms with Crippen molar-refractivity contribution in [2.75, 3.05) is 20.7 Å². The Hall–Kier alpha value is -1.55. The summed E-state index contributed by atoms with van der Waals surface area (Å²) in [5.41, 5.74) is 7.50. The highest BCUT2D eigenvalue weighted by atomic mass is 16.5. The minimum atomic E-state index is -0.321. The van der Waals surface area contributed by atoms with Crippen molar-refractivity contribution in [1.82, 2.24) is 4.90 Å². The molecule has 0 spiro atoms. The molecule has 4 nitrogen and oxygen atoms in total. The molecule has 0 fully saturated rings. The van der Waals surface area contributed by atoms with Crippen molar-refractivity contribution in [1.29, 1.82) is 0 Å². The lowest BCUT2D eigenvalue weighted by Gasteiger charge is -2.17. The summed E-state index contributed by atoms with van der Waals surface area (Å²) in [7, 11) is 3.52. The molecule has 0 saturated carbocycles. The van der Waals surface area contributed by atoms with E-state index >= 15 is 0 Å². The van der Waals surface area contributed by atoms with Crippen molar-refractivity contribution in [2.45, 2.75) is 19.9 Å². The smallest absolute Gasteiger partial charge is 0.231 e. The summed E-state index contributed by atoms with van der Waals surface area (Å²) in [5.74, 6) is 0.525. The average Bonchev–Trinajstić information content (AvgIpc) is 2.27. The molecule has 1 amide bonds. The first-order chi connectivity index (χ1) is 8.06. The average molecular weight is 236 g/mol. The van der Waals surface area contributed by atoms with Gasteiger partial charge in [-0.05, 0) is 25.1 Å². The lowest BCUT2D eigenvalue weighted by molar-refractivity contribution is -0.118. The van der Waals surface area contributed by atoms with E-state index in [-0.39, 0.29) is 12.5 Å². The molecule has 17 heavy (non-hydrogen) atoms. The normalized spacial score (nSPS) is 10.6. The standard InChI is InChI=1S/C13H20N2O2/c1-4-10-5-6-12(17-3)11(7-10)8-15(2)9-13(14)16/h5-7H,4,8-9H2,1-3H3,(H2,14,16). The van der Waals surface area contributed by atoms with Crippen molar-refractivity contribution in [3.05, 3.63) is 29.3 Å². The van der Waals surface area contributed by atoms with Gasteiger partial charge in [-0.25, -0.2) is 0 Å². The number of carbonyl (C=O) groups excluding carboxylic acids is 1. The molecule has 0 aromatic heterocycles. The molecular formula is C13H20N2O2. The number of carbonyl (C=O) groups is 1. The van der Waals surface area contributed by atoms with Crippen LogP contribution in [0.1, 0.15) is 18.1 Å². The van der Waals surface area contributed by atoms with Crippen LogP contribution < -0.4 is 10.5 Å². The molecule has 0 aliphatic rings. The third-order valence-electron chi connectivity index (χ3n) is 2.62. The molecule has 1 rings (SSSR count). The van der Waals surface area contributed by atoms with Crippen molar-refractivity contribution >= 4 is 5.91 Å². The third-order valence-corrected chi connectivity index (χ3v) is 2.62. The second-order valence-electron chi connectivity index (χ2n) is 4.14. The number of nitrogens with two attached hydrogens (primary N) is 1. The van der Waals surface area contributed by atoms with Crippen LogP contribution in [0.3, 0.4) is 0 Å². The maximum absolute atomic E-state index is 10.8. The third kappa shape index (κ3) is 4.07. The van der Waals surface area contributed by atoms with Crippen LogP contribution in [0, 0.1) is 0 Å². The number of benzene rings is 1. The van der Waals surface area contributed by atoms with Crippen molar-refractivity contribution < 1.29 is 9.53 Å². The predicted octanol–water partition coefficient (Wildman–Crippen LogP) is 1.17. The Kier molecular flexibility index (Phi) is 4.97. The summed E-state index contributed by atoms with van der Waals surface area (Å²) >= 11 is 0. The van der Waals surface area contributed by atoms with E-state index in [1.807, 2.05) is 18.0 Å². The molecule has 2 N–H and O–H groups in total. The van der Waals surface area contributed by atoms with Gasteiger partial charge in [-0.2, -0.15) is 0 Å². The highest BCUT2D eigenvalue weighted by Crippen LogP contribution is 2.21. The Labute approximate surface area is 102 Å². The van der Waals surface area contributed by atoms with E-state index in [2.05, 4.69) is 19.1 Å². The Bertz CT molecular complexity index is 391. The molecule has 1 aromatic carbocycles. The molecule has 0 unspecified atom stereocenters. The van der Waals surface area contributed by atoms with Gasteiger partial charge in [-0.15, -0.1) is 0 Å². The summed E-state index contributed by atoms with van der Waals surface area (Å²) in [6, 6.07) is 6.12. The Morgan fingerprint density at radius 3 is 2.71 bits per heavy atom. The van der Waals surface area contributed by atoms with E-state index < -0.39 is 0 Å². The van der Waals surface area contributed by atoms with Crippen LogP contribution in [-0.2, 0) is 17.8 Å². The van der Waals surface area contributed by atoms with Crippen LogP contribution in [0.2, 0.25) is 0 Å². The summed E-state index contributed by atoms with van der Waals surface area (Å²) < 4.78 is 5.31.